The van der Waals surface area contributed by atoms with E-state index in [4.69, 9.17) is 0 Å². The molecule has 1 atom stereocenters. The van der Waals surface area contributed by atoms with Gasteiger partial charge in [0.1, 0.15) is 5.54 Å². The molecule has 0 unspecified atom stereocenters. The van der Waals surface area contributed by atoms with Crippen LogP contribution in [0.4, 0.5) is 4.79 Å². The summed E-state index contributed by atoms with van der Waals surface area (Å²) in [6.07, 6.45) is 1.87. The second-order valence-electron chi connectivity index (χ2n) is 4.13. The van der Waals surface area contributed by atoms with E-state index < -0.39 is 5.54 Å². The van der Waals surface area contributed by atoms with Gasteiger partial charge in [0, 0.05) is 0 Å². The molecule has 5 heteroatoms. The second-order valence-corrected chi connectivity index (χ2v) is 4.13. The molecule has 0 aliphatic carbocycles. The van der Waals surface area contributed by atoms with Gasteiger partial charge in [0.25, 0.3) is 5.91 Å². The minimum atomic E-state index is -0.695. The SMILES string of the molecule is C[C@@]1(C2CCNCC2)NC(=O)NC1=O. The number of hydrogen-bond donors (Lipinski definition) is 3. The average Bonchev–Trinajstić information content (AvgIpc) is 2.43. The zero-order chi connectivity index (χ0) is 10.2. The van der Waals surface area contributed by atoms with Crippen molar-refractivity contribution in [2.24, 2.45) is 5.92 Å². The molecule has 2 aliphatic rings. The van der Waals surface area contributed by atoms with Gasteiger partial charge in [-0.2, -0.15) is 0 Å². The summed E-state index contributed by atoms with van der Waals surface area (Å²) in [5.41, 5.74) is -0.695. The lowest BCUT2D eigenvalue weighted by atomic mass is 9.79. The third-order valence-electron chi connectivity index (χ3n) is 3.23. The van der Waals surface area contributed by atoms with Gasteiger partial charge in [0.15, 0.2) is 0 Å². The topological polar surface area (TPSA) is 70.2 Å². The first-order valence-electron chi connectivity index (χ1n) is 4.97. The summed E-state index contributed by atoms with van der Waals surface area (Å²) < 4.78 is 0. The van der Waals surface area contributed by atoms with Gasteiger partial charge in [-0.25, -0.2) is 4.79 Å². The lowest BCUT2D eigenvalue weighted by Gasteiger charge is -2.34. The lowest BCUT2D eigenvalue weighted by molar-refractivity contribution is -0.125. The first kappa shape index (κ1) is 9.45. The van der Waals surface area contributed by atoms with Crippen molar-refractivity contribution in [1.29, 1.82) is 0 Å². The van der Waals surface area contributed by atoms with E-state index in [-0.39, 0.29) is 17.9 Å². The van der Waals surface area contributed by atoms with E-state index in [0.717, 1.165) is 25.9 Å². The lowest BCUT2D eigenvalue weighted by Crippen LogP contribution is -2.53. The molecular formula is C9H15N3O2. The van der Waals surface area contributed by atoms with E-state index in [1.807, 2.05) is 6.92 Å². The van der Waals surface area contributed by atoms with E-state index in [1.54, 1.807) is 0 Å². The Labute approximate surface area is 82.6 Å². The van der Waals surface area contributed by atoms with Crippen LogP contribution in [0.25, 0.3) is 0 Å². The van der Waals surface area contributed by atoms with E-state index in [9.17, 15) is 9.59 Å². The number of amides is 3. The van der Waals surface area contributed by atoms with Crippen LogP contribution in [0.1, 0.15) is 19.8 Å². The summed E-state index contributed by atoms with van der Waals surface area (Å²) >= 11 is 0. The molecule has 2 heterocycles. The number of rotatable bonds is 1. The van der Waals surface area contributed by atoms with Gasteiger partial charge in [-0.3, -0.25) is 10.1 Å². The molecule has 0 saturated carbocycles. The number of imide groups is 1. The van der Waals surface area contributed by atoms with Crippen molar-refractivity contribution in [3.05, 3.63) is 0 Å². The van der Waals surface area contributed by atoms with Crippen LogP contribution in [0.15, 0.2) is 0 Å². The molecule has 2 rings (SSSR count). The van der Waals surface area contributed by atoms with Crippen molar-refractivity contribution in [2.45, 2.75) is 25.3 Å². The van der Waals surface area contributed by atoms with Crippen LogP contribution >= 0.6 is 0 Å². The predicted octanol–water partition coefficient (Wildman–Crippen LogP) is -0.416. The molecule has 5 nitrogen and oxygen atoms in total. The van der Waals surface area contributed by atoms with Gasteiger partial charge in [-0.1, -0.05) is 0 Å². The first-order chi connectivity index (χ1) is 6.63. The highest BCUT2D eigenvalue weighted by Gasteiger charge is 2.47. The Bertz CT molecular complexity index is 273. The Kier molecular flexibility index (Phi) is 2.19. The molecule has 2 saturated heterocycles. The Morgan fingerprint density at radius 3 is 2.43 bits per heavy atom. The summed E-state index contributed by atoms with van der Waals surface area (Å²) in [5, 5.41) is 8.25. The number of nitrogens with one attached hydrogen (secondary N) is 3. The molecule has 3 N–H and O–H groups in total. The van der Waals surface area contributed by atoms with E-state index in [0.29, 0.717) is 0 Å². The van der Waals surface area contributed by atoms with Crippen molar-refractivity contribution in [3.8, 4) is 0 Å². The highest BCUT2D eigenvalue weighted by Crippen LogP contribution is 2.28. The van der Waals surface area contributed by atoms with Crippen LogP contribution < -0.4 is 16.0 Å². The Balaban J connectivity index is 2.14. The Hall–Kier alpha value is -1.10. The zero-order valence-electron chi connectivity index (χ0n) is 8.22. The molecule has 14 heavy (non-hydrogen) atoms. The Morgan fingerprint density at radius 2 is 1.93 bits per heavy atom. The zero-order valence-corrected chi connectivity index (χ0v) is 8.22. The maximum absolute atomic E-state index is 11.6. The van der Waals surface area contributed by atoms with Gasteiger partial charge in [0.05, 0.1) is 0 Å². The quantitative estimate of drug-likeness (QED) is 0.500. The molecule has 2 fully saturated rings. The monoisotopic (exact) mass is 197 g/mol. The molecule has 0 radical (unpaired) electrons. The normalized spacial score (nSPS) is 34.1. The fourth-order valence-electron chi connectivity index (χ4n) is 2.24. The standard InChI is InChI=1S/C9H15N3O2/c1-9(6-2-4-10-5-3-6)7(13)11-8(14)12-9/h6,10H,2-5H2,1H3,(H2,11,12,13,14)/t9-/m0/s1. The third-order valence-corrected chi connectivity index (χ3v) is 3.23. The van der Waals surface area contributed by atoms with Crippen molar-refractivity contribution < 1.29 is 9.59 Å². The van der Waals surface area contributed by atoms with Gasteiger partial charge in [-0.15, -0.1) is 0 Å². The van der Waals surface area contributed by atoms with Crippen molar-refractivity contribution in [3.63, 3.8) is 0 Å². The first-order valence-corrected chi connectivity index (χ1v) is 4.97. The predicted molar refractivity (Wildman–Crippen MR) is 50.7 cm³/mol. The van der Waals surface area contributed by atoms with Gasteiger partial charge < -0.3 is 10.6 Å². The minimum Gasteiger partial charge on any atom is -0.323 e. The van der Waals surface area contributed by atoms with Crippen molar-refractivity contribution in [2.75, 3.05) is 13.1 Å². The van der Waals surface area contributed by atoms with Crippen LogP contribution in [0, 0.1) is 5.92 Å². The molecule has 0 spiro atoms. The van der Waals surface area contributed by atoms with Gasteiger partial charge in [0.2, 0.25) is 0 Å². The van der Waals surface area contributed by atoms with Gasteiger partial charge >= 0.3 is 6.03 Å². The number of urea groups is 1. The summed E-state index contributed by atoms with van der Waals surface area (Å²) in [7, 11) is 0. The molecule has 78 valence electrons. The highest BCUT2D eigenvalue weighted by molar-refractivity contribution is 6.06. The van der Waals surface area contributed by atoms with Crippen LogP contribution in [-0.4, -0.2) is 30.6 Å². The number of hydrogen-bond acceptors (Lipinski definition) is 3. The molecule has 3 amide bonds. The maximum atomic E-state index is 11.6. The van der Waals surface area contributed by atoms with Crippen LogP contribution in [-0.2, 0) is 4.79 Å². The minimum absolute atomic E-state index is 0.186. The fourth-order valence-corrected chi connectivity index (χ4v) is 2.24. The van der Waals surface area contributed by atoms with E-state index >= 15 is 0 Å². The van der Waals surface area contributed by atoms with Crippen LogP contribution in [0.3, 0.4) is 0 Å². The van der Waals surface area contributed by atoms with Crippen LogP contribution in [0.5, 0.6) is 0 Å². The highest BCUT2D eigenvalue weighted by atomic mass is 16.2. The second kappa shape index (κ2) is 3.24. The van der Waals surface area contributed by atoms with Crippen molar-refractivity contribution >= 4 is 11.9 Å². The third kappa shape index (κ3) is 1.37. The summed E-state index contributed by atoms with van der Waals surface area (Å²) in [6.45, 7) is 3.65. The van der Waals surface area contributed by atoms with Crippen LogP contribution in [0.2, 0.25) is 0 Å². The van der Waals surface area contributed by atoms with Crippen molar-refractivity contribution in [1.82, 2.24) is 16.0 Å². The molecule has 0 aromatic rings. The molecular weight excluding hydrogens is 182 g/mol. The number of carbonyl (C=O) groups excluding carboxylic acids is 2. The average molecular weight is 197 g/mol. The molecule has 0 aromatic heterocycles. The Morgan fingerprint density at radius 1 is 1.29 bits per heavy atom. The fraction of sp³-hybridized carbons (Fsp3) is 0.778. The summed E-state index contributed by atoms with van der Waals surface area (Å²) in [6, 6.07) is -0.365. The number of carbonyl (C=O) groups is 2. The van der Waals surface area contributed by atoms with E-state index in [1.165, 1.54) is 0 Å². The molecule has 0 bridgehead atoms. The van der Waals surface area contributed by atoms with Gasteiger partial charge in [-0.05, 0) is 38.8 Å². The number of piperidine rings is 1. The molecule has 2 aliphatic heterocycles. The maximum Gasteiger partial charge on any atom is 0.322 e. The smallest absolute Gasteiger partial charge is 0.322 e. The molecule has 0 aromatic carbocycles. The van der Waals surface area contributed by atoms with E-state index in [2.05, 4.69) is 16.0 Å². The summed E-state index contributed by atoms with van der Waals surface area (Å²) in [5.74, 6) is 0.0598. The largest absolute Gasteiger partial charge is 0.323 e. The summed E-state index contributed by atoms with van der Waals surface area (Å²) in [4.78, 5) is 22.6.